The summed E-state index contributed by atoms with van der Waals surface area (Å²) < 4.78 is 5.79. The Morgan fingerprint density at radius 3 is 2.74 bits per heavy atom. The number of unbranched alkanes of at least 4 members (excludes halogenated alkanes) is 1. The Morgan fingerprint density at radius 2 is 2.07 bits per heavy atom. The van der Waals surface area contributed by atoms with Gasteiger partial charge in [-0.15, -0.1) is 10.1 Å². The minimum atomic E-state index is -0.970. The Labute approximate surface area is 163 Å². The number of hydrogen-bond donors (Lipinski definition) is 1. The molecule has 1 N–H and O–H groups in total. The topological polar surface area (TPSA) is 99.4 Å². The smallest absolute Gasteiger partial charge is 0.311 e. The highest BCUT2D eigenvalue weighted by molar-refractivity contribution is 6.33. The van der Waals surface area contributed by atoms with E-state index in [1.807, 2.05) is 13.0 Å². The molecule has 1 aromatic carbocycles. The number of aromatic nitrogens is 2. The molecular formula is C18H23ClN4O4. The number of anilines is 1. The molecule has 0 bridgehead atoms. The zero-order chi connectivity index (χ0) is 19.8. The lowest BCUT2D eigenvalue weighted by Gasteiger charge is -2.13. The summed E-state index contributed by atoms with van der Waals surface area (Å²) in [5, 5.41) is 12.7. The third-order valence-corrected chi connectivity index (χ3v) is 4.32. The molecule has 0 radical (unpaired) electrons. The zero-order valence-corrected chi connectivity index (χ0v) is 16.4. The molecule has 0 aliphatic rings. The van der Waals surface area contributed by atoms with Crippen molar-refractivity contribution >= 4 is 17.4 Å². The monoisotopic (exact) mass is 394 g/mol. The van der Waals surface area contributed by atoms with E-state index in [0.717, 1.165) is 17.7 Å². The predicted octanol–water partition coefficient (Wildman–Crippen LogP) is 4.15. The van der Waals surface area contributed by atoms with Crippen molar-refractivity contribution in [1.29, 1.82) is 0 Å². The summed E-state index contributed by atoms with van der Waals surface area (Å²) in [4.78, 5) is 22.4. The molecule has 27 heavy (non-hydrogen) atoms. The summed E-state index contributed by atoms with van der Waals surface area (Å²) in [7, 11) is 0. The lowest BCUT2D eigenvalue weighted by molar-refractivity contribution is -0.713. The number of rotatable bonds is 10. The fourth-order valence-electron chi connectivity index (χ4n) is 2.50. The van der Waals surface area contributed by atoms with Crippen molar-refractivity contribution in [1.82, 2.24) is 9.97 Å². The van der Waals surface area contributed by atoms with Crippen LogP contribution >= 0.6 is 11.6 Å². The summed E-state index contributed by atoms with van der Waals surface area (Å²) in [5.41, 5.74) is 2.77. The van der Waals surface area contributed by atoms with Crippen molar-refractivity contribution in [3.05, 3.63) is 50.2 Å². The van der Waals surface area contributed by atoms with Crippen molar-refractivity contribution in [2.75, 3.05) is 18.5 Å². The summed E-state index contributed by atoms with van der Waals surface area (Å²) in [6.45, 7) is 6.59. The molecule has 2 aromatic rings. The third-order valence-electron chi connectivity index (χ3n) is 3.86. The second-order valence-electron chi connectivity index (χ2n) is 6.05. The Morgan fingerprint density at radius 1 is 1.30 bits per heavy atom. The molecule has 0 unspecified atom stereocenters. The van der Waals surface area contributed by atoms with Gasteiger partial charge in [0.15, 0.2) is 5.82 Å². The fraction of sp³-hybridized carbons (Fsp3) is 0.444. The van der Waals surface area contributed by atoms with Gasteiger partial charge in [-0.1, -0.05) is 37.1 Å². The Balaban J connectivity index is 1.91. The first-order valence-electron chi connectivity index (χ1n) is 8.73. The minimum absolute atomic E-state index is 0.260. The van der Waals surface area contributed by atoms with Crippen molar-refractivity contribution < 1.29 is 14.7 Å². The molecule has 0 atom stereocenters. The normalized spacial score (nSPS) is 10.5. The summed E-state index contributed by atoms with van der Waals surface area (Å²) in [5.74, 6) is 1.08. The molecule has 2 rings (SSSR count). The molecule has 1 aromatic heterocycles. The second kappa shape index (κ2) is 9.91. The Hall–Kier alpha value is -2.61. The molecule has 146 valence electrons. The average molecular weight is 395 g/mol. The van der Waals surface area contributed by atoms with E-state index in [4.69, 9.17) is 16.3 Å². The van der Waals surface area contributed by atoms with Crippen molar-refractivity contribution in [3.63, 3.8) is 0 Å². The van der Waals surface area contributed by atoms with Gasteiger partial charge in [0.1, 0.15) is 17.4 Å². The van der Waals surface area contributed by atoms with Gasteiger partial charge in [-0.3, -0.25) is 0 Å². The van der Waals surface area contributed by atoms with E-state index in [1.54, 1.807) is 6.92 Å². The highest BCUT2D eigenvalue weighted by atomic mass is 35.5. The van der Waals surface area contributed by atoms with Gasteiger partial charge in [0.05, 0.1) is 12.2 Å². The number of hydrogen-bond acceptors (Lipinski definition) is 7. The third kappa shape index (κ3) is 6.25. The highest BCUT2D eigenvalue weighted by Gasteiger charge is 2.12. The maximum absolute atomic E-state index is 10.4. The van der Waals surface area contributed by atoms with Crippen LogP contribution in [-0.2, 0) is 6.42 Å². The highest BCUT2D eigenvalue weighted by Crippen LogP contribution is 2.25. The minimum Gasteiger partial charge on any atom is -0.491 e. The van der Waals surface area contributed by atoms with Gasteiger partial charge in [0.2, 0.25) is 0 Å². The summed E-state index contributed by atoms with van der Waals surface area (Å²) in [6.07, 6.45) is 3.41. The first-order valence-corrected chi connectivity index (χ1v) is 9.11. The van der Waals surface area contributed by atoms with Gasteiger partial charge in [0.25, 0.3) is 0 Å². The molecule has 0 amide bonds. The van der Waals surface area contributed by atoms with E-state index < -0.39 is 5.09 Å². The molecule has 0 saturated carbocycles. The quantitative estimate of drug-likeness (QED) is 0.367. The van der Waals surface area contributed by atoms with Crippen LogP contribution in [0.5, 0.6) is 11.8 Å². The molecule has 0 fully saturated rings. The largest absolute Gasteiger partial charge is 0.491 e. The van der Waals surface area contributed by atoms with Crippen molar-refractivity contribution in [2.24, 2.45) is 0 Å². The average Bonchev–Trinajstić information content (AvgIpc) is 2.61. The van der Waals surface area contributed by atoms with Crippen LogP contribution in [0.15, 0.2) is 18.2 Å². The zero-order valence-electron chi connectivity index (χ0n) is 15.6. The lowest BCUT2D eigenvalue weighted by atomic mass is 10.1. The fourth-order valence-corrected chi connectivity index (χ4v) is 2.65. The van der Waals surface area contributed by atoms with E-state index >= 15 is 0 Å². The number of nitrogens with zero attached hydrogens (tertiary/aromatic N) is 3. The van der Waals surface area contributed by atoms with E-state index in [-0.39, 0.29) is 16.9 Å². The van der Waals surface area contributed by atoms with Crippen LogP contribution in [0.1, 0.15) is 36.6 Å². The second-order valence-corrected chi connectivity index (χ2v) is 6.43. The van der Waals surface area contributed by atoms with E-state index in [1.165, 1.54) is 18.4 Å². The van der Waals surface area contributed by atoms with Crippen molar-refractivity contribution in [2.45, 2.75) is 40.0 Å². The van der Waals surface area contributed by atoms with Crippen LogP contribution in [0, 0.1) is 24.0 Å². The molecule has 8 nitrogen and oxygen atoms in total. The SMILES string of the molecule is CCCCc1ccc(OCCNc2nc(O[N+](=O)[O-])nc(C)c2Cl)c(C)c1. The van der Waals surface area contributed by atoms with Gasteiger partial charge in [-0.25, -0.2) is 9.82 Å². The van der Waals surface area contributed by atoms with Crippen LogP contribution in [-0.4, -0.2) is 28.2 Å². The molecule has 9 heteroatoms. The molecule has 0 aliphatic heterocycles. The number of aryl methyl sites for hydroxylation is 3. The molecule has 0 aliphatic carbocycles. The number of benzene rings is 1. The maximum Gasteiger partial charge on any atom is 0.311 e. The molecule has 0 spiro atoms. The van der Waals surface area contributed by atoms with Gasteiger partial charge in [-0.2, -0.15) is 4.98 Å². The molecule has 0 saturated heterocycles. The van der Waals surface area contributed by atoms with Crippen LogP contribution in [0.25, 0.3) is 0 Å². The van der Waals surface area contributed by atoms with Gasteiger partial charge < -0.3 is 10.1 Å². The molecular weight excluding hydrogens is 372 g/mol. The maximum atomic E-state index is 10.4. The predicted molar refractivity (Wildman–Crippen MR) is 103 cm³/mol. The van der Waals surface area contributed by atoms with Crippen LogP contribution in [0.4, 0.5) is 5.82 Å². The summed E-state index contributed by atoms with van der Waals surface area (Å²) in [6, 6.07) is 5.83. The van der Waals surface area contributed by atoms with E-state index in [0.29, 0.717) is 18.8 Å². The van der Waals surface area contributed by atoms with Gasteiger partial charge in [0, 0.05) is 0 Å². The van der Waals surface area contributed by atoms with E-state index in [2.05, 4.69) is 39.2 Å². The van der Waals surface area contributed by atoms with Crippen molar-refractivity contribution in [3.8, 4) is 11.8 Å². The first kappa shape index (κ1) is 20.7. The van der Waals surface area contributed by atoms with Crippen LogP contribution in [0.2, 0.25) is 5.02 Å². The number of ether oxygens (including phenoxy) is 1. The van der Waals surface area contributed by atoms with E-state index in [9.17, 15) is 10.1 Å². The van der Waals surface area contributed by atoms with Gasteiger partial charge in [-0.05, 0) is 43.9 Å². The standard InChI is InChI=1S/C18H23ClN4O4/c1-4-5-6-14-7-8-15(12(2)11-14)26-10-9-20-17-16(19)13(3)21-18(22-17)27-23(24)25/h7-8,11H,4-6,9-10H2,1-3H3,(H,20,21,22). The summed E-state index contributed by atoms with van der Waals surface area (Å²) >= 11 is 6.13. The number of nitrogens with one attached hydrogen (secondary N) is 1. The van der Waals surface area contributed by atoms with Crippen LogP contribution in [0.3, 0.4) is 0 Å². The van der Waals surface area contributed by atoms with Gasteiger partial charge >= 0.3 is 11.1 Å². The number of halogens is 1. The Kier molecular flexibility index (Phi) is 7.60. The first-order chi connectivity index (χ1) is 12.9. The lowest BCUT2D eigenvalue weighted by Crippen LogP contribution is -2.15. The van der Waals surface area contributed by atoms with Crippen LogP contribution < -0.4 is 14.9 Å². The Bertz CT molecular complexity index is 801. The molecule has 1 heterocycles.